The number of cyclic esters (lactones) is 2. The zero-order valence-corrected chi connectivity index (χ0v) is 11.5. The number of benzene rings is 1. The van der Waals surface area contributed by atoms with Crippen molar-refractivity contribution >= 4 is 23.9 Å². The molecule has 1 aliphatic heterocycles. The van der Waals surface area contributed by atoms with Crippen molar-refractivity contribution in [2.45, 2.75) is 18.8 Å². The maximum absolute atomic E-state index is 12.3. The van der Waals surface area contributed by atoms with Crippen molar-refractivity contribution in [2.24, 2.45) is 11.3 Å². The lowest BCUT2D eigenvalue weighted by atomic mass is 9.51. The molecule has 1 aromatic rings. The van der Waals surface area contributed by atoms with E-state index in [0.717, 1.165) is 0 Å². The summed E-state index contributed by atoms with van der Waals surface area (Å²) < 4.78 is 4.59. The second-order valence-electron chi connectivity index (χ2n) is 5.67. The molecule has 114 valence electrons. The molecule has 2 N–H and O–H groups in total. The second kappa shape index (κ2) is 4.16. The van der Waals surface area contributed by atoms with E-state index in [2.05, 4.69) is 4.74 Å². The van der Waals surface area contributed by atoms with Crippen LogP contribution in [-0.2, 0) is 35.8 Å². The van der Waals surface area contributed by atoms with Gasteiger partial charge in [-0.2, -0.15) is 0 Å². The molecule has 1 aromatic carbocycles. The Morgan fingerprint density at radius 1 is 1.18 bits per heavy atom. The second-order valence-corrected chi connectivity index (χ2v) is 5.67. The first-order valence-corrected chi connectivity index (χ1v) is 6.59. The summed E-state index contributed by atoms with van der Waals surface area (Å²) in [6.45, 7) is 1.27. The molecule has 22 heavy (non-hydrogen) atoms. The summed E-state index contributed by atoms with van der Waals surface area (Å²) >= 11 is 0. The summed E-state index contributed by atoms with van der Waals surface area (Å²) in [6, 6.07) is 6.42. The molecule has 1 saturated heterocycles. The number of rotatable bonds is 2. The standard InChI is InChI=1S/C15H12O7/c1-14-8-5-3-2-4-7(8)6-9(10(16)17)15(14,11(18)19)13(21)22-12(14)20/h2-5,9H,6H2,1H3,(H,16,17)(H,18,19). The molecule has 0 aromatic heterocycles. The number of ether oxygens (including phenoxy) is 1. The Morgan fingerprint density at radius 3 is 2.41 bits per heavy atom. The molecule has 0 bridgehead atoms. The van der Waals surface area contributed by atoms with Gasteiger partial charge in [-0.1, -0.05) is 24.3 Å². The van der Waals surface area contributed by atoms with E-state index >= 15 is 0 Å². The van der Waals surface area contributed by atoms with Gasteiger partial charge in [-0.05, 0) is 24.5 Å². The molecule has 1 aliphatic carbocycles. The summed E-state index contributed by atoms with van der Waals surface area (Å²) in [5, 5.41) is 19.1. The third kappa shape index (κ3) is 1.31. The smallest absolute Gasteiger partial charge is 0.333 e. The number of esters is 2. The van der Waals surface area contributed by atoms with Crippen molar-refractivity contribution in [3.05, 3.63) is 35.4 Å². The van der Waals surface area contributed by atoms with Crippen LogP contribution in [0.3, 0.4) is 0 Å². The Kier molecular flexibility index (Phi) is 2.69. The van der Waals surface area contributed by atoms with Crippen LogP contribution in [0.4, 0.5) is 0 Å². The van der Waals surface area contributed by atoms with Gasteiger partial charge in [0, 0.05) is 0 Å². The molecule has 0 radical (unpaired) electrons. The lowest BCUT2D eigenvalue weighted by Crippen LogP contribution is -2.61. The van der Waals surface area contributed by atoms with E-state index in [9.17, 15) is 29.4 Å². The monoisotopic (exact) mass is 304 g/mol. The molecule has 1 heterocycles. The van der Waals surface area contributed by atoms with Crippen LogP contribution in [0.15, 0.2) is 24.3 Å². The Hall–Kier alpha value is -2.70. The molecule has 0 spiro atoms. The minimum Gasteiger partial charge on any atom is -0.481 e. The summed E-state index contributed by atoms with van der Waals surface area (Å²) in [5.74, 6) is -7.03. The van der Waals surface area contributed by atoms with Crippen LogP contribution in [0.1, 0.15) is 18.1 Å². The fraction of sp³-hybridized carbons (Fsp3) is 0.333. The zero-order valence-electron chi connectivity index (χ0n) is 11.5. The molecule has 3 rings (SSSR count). The van der Waals surface area contributed by atoms with E-state index in [1.807, 2.05) is 0 Å². The van der Waals surface area contributed by atoms with E-state index in [0.29, 0.717) is 11.1 Å². The molecular formula is C15H12O7. The van der Waals surface area contributed by atoms with Crippen LogP contribution >= 0.6 is 0 Å². The number of hydrogen-bond acceptors (Lipinski definition) is 5. The number of carbonyl (C=O) groups is 4. The quantitative estimate of drug-likeness (QED) is 0.598. The first kappa shape index (κ1) is 14.2. The highest BCUT2D eigenvalue weighted by Gasteiger charge is 2.77. The maximum Gasteiger partial charge on any atom is 0.333 e. The van der Waals surface area contributed by atoms with Crippen LogP contribution in [0.5, 0.6) is 0 Å². The van der Waals surface area contributed by atoms with Gasteiger partial charge in [-0.3, -0.25) is 19.2 Å². The maximum atomic E-state index is 12.3. The van der Waals surface area contributed by atoms with Crippen molar-refractivity contribution < 1.29 is 34.1 Å². The van der Waals surface area contributed by atoms with E-state index in [1.54, 1.807) is 18.2 Å². The average molecular weight is 304 g/mol. The van der Waals surface area contributed by atoms with Crippen molar-refractivity contribution in [1.82, 2.24) is 0 Å². The average Bonchev–Trinajstić information content (AvgIpc) is 2.66. The Morgan fingerprint density at radius 2 is 1.82 bits per heavy atom. The molecule has 0 amide bonds. The van der Waals surface area contributed by atoms with Crippen molar-refractivity contribution in [1.29, 1.82) is 0 Å². The largest absolute Gasteiger partial charge is 0.481 e. The van der Waals surface area contributed by atoms with E-state index in [-0.39, 0.29) is 6.42 Å². The number of fused-ring (bicyclic) bond motifs is 3. The van der Waals surface area contributed by atoms with Gasteiger partial charge < -0.3 is 14.9 Å². The van der Waals surface area contributed by atoms with Gasteiger partial charge in [0.2, 0.25) is 0 Å². The molecular weight excluding hydrogens is 292 g/mol. The zero-order chi connectivity index (χ0) is 16.3. The molecule has 2 aliphatic rings. The summed E-state index contributed by atoms with van der Waals surface area (Å²) in [6.07, 6.45) is -0.157. The van der Waals surface area contributed by atoms with Gasteiger partial charge in [-0.25, -0.2) is 0 Å². The normalized spacial score (nSPS) is 32.9. The van der Waals surface area contributed by atoms with Gasteiger partial charge in [0.05, 0.1) is 5.92 Å². The van der Waals surface area contributed by atoms with Gasteiger partial charge in [-0.15, -0.1) is 0 Å². The van der Waals surface area contributed by atoms with Crippen LogP contribution in [0, 0.1) is 11.3 Å². The Labute approximate surface area is 124 Å². The first-order valence-electron chi connectivity index (χ1n) is 6.59. The fourth-order valence-electron chi connectivity index (χ4n) is 3.73. The number of carboxylic acids is 2. The van der Waals surface area contributed by atoms with Gasteiger partial charge >= 0.3 is 23.9 Å². The topological polar surface area (TPSA) is 118 Å². The highest BCUT2D eigenvalue weighted by molar-refractivity contribution is 6.18. The van der Waals surface area contributed by atoms with Gasteiger partial charge in [0.1, 0.15) is 5.41 Å². The summed E-state index contributed by atoms with van der Waals surface area (Å²) in [4.78, 5) is 48.1. The van der Waals surface area contributed by atoms with Crippen molar-refractivity contribution in [3.63, 3.8) is 0 Å². The van der Waals surface area contributed by atoms with Crippen molar-refractivity contribution in [2.75, 3.05) is 0 Å². The number of aliphatic carboxylic acids is 2. The number of carboxylic acid groups (broad SMARTS) is 2. The number of carbonyl (C=O) groups excluding carboxylic acids is 2. The third-order valence-corrected chi connectivity index (χ3v) is 4.84. The van der Waals surface area contributed by atoms with Crippen LogP contribution < -0.4 is 0 Å². The van der Waals surface area contributed by atoms with Crippen molar-refractivity contribution in [3.8, 4) is 0 Å². The number of hydrogen-bond donors (Lipinski definition) is 2. The molecule has 0 saturated carbocycles. The predicted molar refractivity (Wildman–Crippen MR) is 69.8 cm³/mol. The van der Waals surface area contributed by atoms with Crippen LogP contribution in [0.2, 0.25) is 0 Å². The molecule has 3 unspecified atom stereocenters. The molecule has 1 fully saturated rings. The first-order chi connectivity index (χ1) is 10.3. The lowest BCUT2D eigenvalue weighted by Gasteiger charge is -2.43. The van der Waals surface area contributed by atoms with Crippen LogP contribution in [-0.4, -0.2) is 34.1 Å². The Balaban J connectivity index is 2.43. The van der Waals surface area contributed by atoms with Gasteiger partial charge in [0.25, 0.3) is 0 Å². The Bertz CT molecular complexity index is 737. The molecule has 7 nitrogen and oxygen atoms in total. The highest BCUT2D eigenvalue weighted by atomic mass is 16.6. The summed E-state index contributed by atoms with van der Waals surface area (Å²) in [5.41, 5.74) is -3.47. The minimum atomic E-state index is -2.45. The van der Waals surface area contributed by atoms with E-state index < -0.39 is 40.6 Å². The predicted octanol–water partition coefficient (Wildman–Crippen LogP) is 0.356. The van der Waals surface area contributed by atoms with E-state index in [1.165, 1.54) is 13.0 Å². The summed E-state index contributed by atoms with van der Waals surface area (Å²) in [7, 11) is 0. The molecule has 7 heteroatoms. The SMILES string of the molecule is CC12C(=O)OC(=O)C1(C(=O)O)C(C(=O)O)Cc1ccccc12. The van der Waals surface area contributed by atoms with E-state index in [4.69, 9.17) is 0 Å². The third-order valence-electron chi connectivity index (χ3n) is 4.84. The highest BCUT2D eigenvalue weighted by Crippen LogP contribution is 2.58. The fourth-order valence-corrected chi connectivity index (χ4v) is 3.73. The van der Waals surface area contributed by atoms with Crippen LogP contribution in [0.25, 0.3) is 0 Å². The van der Waals surface area contributed by atoms with Gasteiger partial charge in [0.15, 0.2) is 5.41 Å². The minimum absolute atomic E-state index is 0.157. The lowest BCUT2D eigenvalue weighted by molar-refractivity contribution is -0.175. The molecule has 3 atom stereocenters.